The number of nitrogens with zero attached hydrogens (tertiary/aromatic N) is 3. The number of fused-ring (bicyclic) bond motifs is 1. The number of para-hydroxylation sites is 2. The van der Waals surface area contributed by atoms with Crippen molar-refractivity contribution < 1.29 is 9.90 Å². The monoisotopic (exact) mass is 427 g/mol. The fraction of sp³-hybridized carbons (Fsp3) is 0.308. The fourth-order valence-corrected chi connectivity index (χ4v) is 5.87. The molecule has 0 saturated carbocycles. The van der Waals surface area contributed by atoms with Gasteiger partial charge >= 0.3 is 11.7 Å². The van der Waals surface area contributed by atoms with Gasteiger partial charge in [0.1, 0.15) is 6.54 Å². The molecule has 6 nitrogen and oxygen atoms in total. The average Bonchev–Trinajstić information content (AvgIpc) is 3.31. The first kappa shape index (κ1) is 19.3. The van der Waals surface area contributed by atoms with Crippen LogP contribution in [-0.4, -0.2) is 38.2 Å². The Morgan fingerprint density at radius 3 is 2.41 bits per heavy atom. The van der Waals surface area contributed by atoms with Gasteiger partial charge in [0.2, 0.25) is 0 Å². The molecule has 32 heavy (non-hydrogen) atoms. The summed E-state index contributed by atoms with van der Waals surface area (Å²) in [6, 6.07) is 21.2. The number of carboxylic acids is 1. The molecule has 1 atom stereocenters. The number of rotatable bonds is 4. The molecule has 1 saturated heterocycles. The molecule has 0 amide bonds. The van der Waals surface area contributed by atoms with Crippen molar-refractivity contribution >= 4 is 27.8 Å². The van der Waals surface area contributed by atoms with Crippen molar-refractivity contribution in [3.63, 3.8) is 0 Å². The van der Waals surface area contributed by atoms with Crippen LogP contribution in [0.3, 0.4) is 0 Å². The molecule has 1 aliphatic carbocycles. The lowest BCUT2D eigenvalue weighted by Gasteiger charge is -2.36. The third-order valence-corrected chi connectivity index (χ3v) is 7.26. The molecule has 3 aromatic carbocycles. The SMILES string of the molecule is O=C(O)Cn1c(=O)n(C2CCN(C3Cc4cccc5cccc3c45)CC2)c2ccccc21. The number of hydrogen-bond donors (Lipinski definition) is 1. The minimum absolute atomic E-state index is 0.0817. The third kappa shape index (κ3) is 2.90. The van der Waals surface area contributed by atoms with Gasteiger partial charge in [0.25, 0.3) is 0 Å². The molecule has 1 fully saturated rings. The predicted molar refractivity (Wildman–Crippen MR) is 124 cm³/mol. The Kier molecular flexibility index (Phi) is 4.43. The molecule has 0 radical (unpaired) electrons. The number of hydrogen-bond acceptors (Lipinski definition) is 3. The van der Waals surface area contributed by atoms with Gasteiger partial charge in [-0.1, -0.05) is 48.5 Å². The van der Waals surface area contributed by atoms with Gasteiger partial charge in [0.15, 0.2) is 0 Å². The zero-order chi connectivity index (χ0) is 21.8. The summed E-state index contributed by atoms with van der Waals surface area (Å²) in [5, 5.41) is 12.0. The molecular formula is C26H25N3O3. The highest BCUT2D eigenvalue weighted by atomic mass is 16.4. The standard InChI is InChI=1S/C26H25N3O3/c30-24(31)16-28-21-9-1-2-10-22(21)29(26(28)32)19-11-13-27(14-12-19)23-15-18-7-3-5-17-6-4-8-20(23)25(17)18/h1-10,19,23H,11-16H2,(H,30,31). The van der Waals surface area contributed by atoms with E-state index in [0.717, 1.165) is 37.9 Å². The van der Waals surface area contributed by atoms with Crippen LogP contribution in [-0.2, 0) is 17.8 Å². The van der Waals surface area contributed by atoms with E-state index >= 15 is 0 Å². The van der Waals surface area contributed by atoms with Crippen molar-refractivity contribution in [3.05, 3.63) is 82.3 Å². The highest BCUT2D eigenvalue weighted by Gasteiger charge is 2.33. The van der Waals surface area contributed by atoms with Crippen LogP contribution in [0, 0.1) is 0 Å². The maximum atomic E-state index is 13.2. The van der Waals surface area contributed by atoms with E-state index in [1.54, 1.807) is 0 Å². The molecule has 1 N–H and O–H groups in total. The number of piperidine rings is 1. The Morgan fingerprint density at radius 1 is 0.938 bits per heavy atom. The Labute approximate surface area is 185 Å². The van der Waals surface area contributed by atoms with Gasteiger partial charge in [-0.2, -0.15) is 0 Å². The smallest absolute Gasteiger partial charge is 0.329 e. The molecule has 162 valence electrons. The zero-order valence-corrected chi connectivity index (χ0v) is 17.8. The van der Waals surface area contributed by atoms with E-state index in [1.807, 2.05) is 28.8 Å². The van der Waals surface area contributed by atoms with E-state index in [1.165, 1.54) is 26.5 Å². The van der Waals surface area contributed by atoms with Crippen LogP contribution < -0.4 is 5.69 Å². The van der Waals surface area contributed by atoms with Gasteiger partial charge in [0.05, 0.1) is 11.0 Å². The molecule has 1 aromatic heterocycles. The molecule has 0 bridgehead atoms. The topological polar surface area (TPSA) is 67.5 Å². The first-order valence-electron chi connectivity index (χ1n) is 11.3. The van der Waals surface area contributed by atoms with Crippen LogP contribution in [0.25, 0.3) is 21.8 Å². The Bertz CT molecular complexity index is 1400. The second kappa shape index (κ2) is 7.35. The number of aliphatic carboxylic acids is 1. The van der Waals surface area contributed by atoms with Crippen LogP contribution in [0.5, 0.6) is 0 Å². The number of carboxylic acid groups (broad SMARTS) is 1. The maximum absolute atomic E-state index is 13.2. The molecule has 2 aliphatic rings. The predicted octanol–water partition coefficient (Wildman–Crippen LogP) is 3.98. The Balaban J connectivity index is 1.28. The van der Waals surface area contributed by atoms with Crippen molar-refractivity contribution in [3.8, 4) is 0 Å². The van der Waals surface area contributed by atoms with E-state index in [2.05, 4.69) is 41.3 Å². The first-order valence-corrected chi connectivity index (χ1v) is 11.3. The van der Waals surface area contributed by atoms with E-state index in [9.17, 15) is 14.7 Å². The van der Waals surface area contributed by atoms with E-state index < -0.39 is 5.97 Å². The van der Waals surface area contributed by atoms with E-state index in [4.69, 9.17) is 0 Å². The fourth-order valence-electron chi connectivity index (χ4n) is 5.87. The minimum Gasteiger partial charge on any atom is -0.480 e. The zero-order valence-electron chi connectivity index (χ0n) is 17.8. The average molecular weight is 428 g/mol. The summed E-state index contributed by atoms with van der Waals surface area (Å²) in [5.41, 5.74) is 4.16. The molecule has 2 heterocycles. The lowest BCUT2D eigenvalue weighted by Crippen LogP contribution is -2.40. The summed E-state index contributed by atoms with van der Waals surface area (Å²) in [5.74, 6) is -1.00. The van der Waals surface area contributed by atoms with Gasteiger partial charge in [-0.3, -0.25) is 18.8 Å². The second-order valence-corrected chi connectivity index (χ2v) is 8.97. The molecular weight excluding hydrogens is 402 g/mol. The van der Waals surface area contributed by atoms with Crippen molar-refractivity contribution in [2.24, 2.45) is 0 Å². The quantitative estimate of drug-likeness (QED) is 0.535. The van der Waals surface area contributed by atoms with Gasteiger partial charge in [-0.05, 0) is 53.3 Å². The number of carbonyl (C=O) groups is 1. The molecule has 6 heteroatoms. The van der Waals surface area contributed by atoms with Crippen molar-refractivity contribution in [2.75, 3.05) is 13.1 Å². The van der Waals surface area contributed by atoms with E-state index in [0.29, 0.717) is 11.6 Å². The summed E-state index contributed by atoms with van der Waals surface area (Å²) in [7, 11) is 0. The molecule has 4 aromatic rings. The van der Waals surface area contributed by atoms with Crippen LogP contribution in [0.4, 0.5) is 0 Å². The van der Waals surface area contributed by atoms with E-state index in [-0.39, 0.29) is 18.3 Å². The molecule has 6 rings (SSSR count). The van der Waals surface area contributed by atoms with Crippen molar-refractivity contribution in [2.45, 2.75) is 37.9 Å². The van der Waals surface area contributed by atoms with Gasteiger partial charge in [-0.15, -0.1) is 0 Å². The number of aromatic nitrogens is 2. The van der Waals surface area contributed by atoms with Gasteiger partial charge in [-0.25, -0.2) is 4.79 Å². The van der Waals surface area contributed by atoms with Crippen LogP contribution in [0.1, 0.15) is 36.1 Å². The number of imidazole rings is 1. The van der Waals surface area contributed by atoms with Crippen LogP contribution in [0.2, 0.25) is 0 Å². The van der Waals surface area contributed by atoms with Crippen LogP contribution >= 0.6 is 0 Å². The number of benzene rings is 3. The molecule has 1 aliphatic heterocycles. The van der Waals surface area contributed by atoms with Gasteiger partial charge < -0.3 is 5.11 Å². The largest absolute Gasteiger partial charge is 0.480 e. The summed E-state index contributed by atoms with van der Waals surface area (Å²) in [4.78, 5) is 27.1. The summed E-state index contributed by atoms with van der Waals surface area (Å²) >= 11 is 0. The summed E-state index contributed by atoms with van der Waals surface area (Å²) < 4.78 is 3.22. The Hall–Kier alpha value is -3.38. The summed E-state index contributed by atoms with van der Waals surface area (Å²) in [6.07, 6.45) is 2.80. The second-order valence-electron chi connectivity index (χ2n) is 8.97. The highest BCUT2D eigenvalue weighted by molar-refractivity contribution is 5.91. The number of likely N-dealkylation sites (tertiary alicyclic amines) is 1. The van der Waals surface area contributed by atoms with Crippen molar-refractivity contribution in [1.29, 1.82) is 0 Å². The maximum Gasteiger partial charge on any atom is 0.329 e. The minimum atomic E-state index is -1.00. The molecule has 0 spiro atoms. The highest BCUT2D eigenvalue weighted by Crippen LogP contribution is 2.41. The summed E-state index contributed by atoms with van der Waals surface area (Å²) in [6.45, 7) is 1.53. The Morgan fingerprint density at radius 2 is 1.66 bits per heavy atom. The van der Waals surface area contributed by atoms with Crippen LogP contribution in [0.15, 0.2) is 65.5 Å². The molecule has 1 unspecified atom stereocenters. The van der Waals surface area contributed by atoms with Gasteiger partial charge in [0, 0.05) is 25.2 Å². The first-order chi connectivity index (χ1) is 15.6. The lowest BCUT2D eigenvalue weighted by molar-refractivity contribution is -0.137. The third-order valence-electron chi connectivity index (χ3n) is 7.26. The normalized spacial score (nSPS) is 19.2. The lowest BCUT2D eigenvalue weighted by atomic mass is 9.99. The van der Waals surface area contributed by atoms with Crippen molar-refractivity contribution in [1.82, 2.24) is 14.0 Å².